The van der Waals surface area contributed by atoms with Crippen LogP contribution in [0.4, 0.5) is 5.69 Å². The van der Waals surface area contributed by atoms with Crippen LogP contribution in [0.15, 0.2) is 55.1 Å². The number of carbonyl (C=O) groups excluding carboxylic acids is 1. The van der Waals surface area contributed by atoms with Gasteiger partial charge in [0, 0.05) is 24.5 Å². The second-order valence-electron chi connectivity index (χ2n) is 8.59. The summed E-state index contributed by atoms with van der Waals surface area (Å²) in [6.07, 6.45) is 7.93. The second kappa shape index (κ2) is 6.29. The highest BCUT2D eigenvalue weighted by atomic mass is 16.2. The fourth-order valence-corrected chi connectivity index (χ4v) is 4.88. The van der Waals surface area contributed by atoms with Gasteiger partial charge < -0.3 is 9.88 Å². The monoisotopic (exact) mass is 397 g/mol. The van der Waals surface area contributed by atoms with Crippen molar-refractivity contribution in [3.05, 3.63) is 66.2 Å². The Hall–Kier alpha value is -3.41. The first-order chi connectivity index (χ1) is 14.6. The molecule has 6 rings (SSSR count). The van der Waals surface area contributed by atoms with Gasteiger partial charge in [0.25, 0.3) is 0 Å². The second-order valence-corrected chi connectivity index (χ2v) is 8.59. The van der Waals surface area contributed by atoms with Crippen molar-refractivity contribution < 1.29 is 4.79 Å². The quantitative estimate of drug-likeness (QED) is 0.520. The first-order valence-electron chi connectivity index (χ1n) is 10.5. The molecule has 30 heavy (non-hydrogen) atoms. The van der Waals surface area contributed by atoms with Crippen molar-refractivity contribution >= 4 is 22.6 Å². The van der Waals surface area contributed by atoms with Gasteiger partial charge in [-0.15, -0.1) is 0 Å². The fourth-order valence-electron chi connectivity index (χ4n) is 4.88. The Labute approximate surface area is 174 Å². The van der Waals surface area contributed by atoms with Gasteiger partial charge in [0.1, 0.15) is 0 Å². The molecule has 1 N–H and O–H groups in total. The number of hydrogen-bond acceptors (Lipinski definition) is 3. The minimum Gasteiger partial charge on any atom is -0.345 e. The molecule has 1 aliphatic carbocycles. The van der Waals surface area contributed by atoms with Gasteiger partial charge in [-0.1, -0.05) is 18.2 Å². The molecule has 2 atom stereocenters. The maximum Gasteiger partial charge on any atom is 0.233 e. The number of hydrogen-bond donors (Lipinski definition) is 1. The molecule has 2 aromatic heterocycles. The van der Waals surface area contributed by atoms with Crippen LogP contribution in [-0.2, 0) is 11.8 Å². The van der Waals surface area contributed by atoms with Crippen molar-refractivity contribution in [2.24, 2.45) is 18.9 Å². The number of fused-ring (bicyclic) bond motifs is 1. The SMILES string of the molecule is Cc1cc(-c2cnn(C)c2)ccc1[C@H]1[C@@H](C2CC2)C(=O)N1c1ccc2nc[nH]c2c1. The highest BCUT2D eigenvalue weighted by molar-refractivity contribution is 6.04. The average Bonchev–Trinajstić information content (AvgIpc) is 3.26. The summed E-state index contributed by atoms with van der Waals surface area (Å²) in [6.45, 7) is 2.15. The van der Waals surface area contributed by atoms with E-state index in [4.69, 9.17) is 0 Å². The van der Waals surface area contributed by atoms with E-state index in [-0.39, 0.29) is 17.9 Å². The Balaban J connectivity index is 1.41. The smallest absolute Gasteiger partial charge is 0.233 e. The topological polar surface area (TPSA) is 66.8 Å². The first-order valence-corrected chi connectivity index (χ1v) is 10.5. The molecule has 1 aliphatic heterocycles. The number of H-pyrrole nitrogens is 1. The molecule has 2 aromatic carbocycles. The predicted molar refractivity (Wildman–Crippen MR) is 116 cm³/mol. The van der Waals surface area contributed by atoms with Crippen molar-refractivity contribution in [1.82, 2.24) is 19.7 Å². The third kappa shape index (κ3) is 2.60. The molecule has 3 heterocycles. The van der Waals surface area contributed by atoms with Crippen molar-refractivity contribution in [3.63, 3.8) is 0 Å². The molecule has 1 saturated heterocycles. The van der Waals surface area contributed by atoms with Crippen molar-refractivity contribution in [2.75, 3.05) is 4.90 Å². The number of rotatable bonds is 4. The van der Waals surface area contributed by atoms with E-state index in [1.54, 1.807) is 6.33 Å². The van der Waals surface area contributed by atoms with Gasteiger partial charge >= 0.3 is 0 Å². The molecule has 4 aromatic rings. The highest BCUT2D eigenvalue weighted by Crippen LogP contribution is 2.54. The summed E-state index contributed by atoms with van der Waals surface area (Å²) >= 11 is 0. The van der Waals surface area contributed by atoms with Crippen LogP contribution in [0.5, 0.6) is 0 Å². The zero-order valence-electron chi connectivity index (χ0n) is 17.0. The largest absolute Gasteiger partial charge is 0.345 e. The summed E-state index contributed by atoms with van der Waals surface area (Å²) in [4.78, 5) is 22.6. The molecule has 2 aliphatic rings. The van der Waals surface area contributed by atoms with Crippen molar-refractivity contribution in [2.45, 2.75) is 25.8 Å². The predicted octanol–water partition coefficient (Wildman–Crippen LogP) is 4.39. The number of aromatic amines is 1. The molecule has 0 bridgehead atoms. The number of imidazole rings is 1. The molecular formula is C24H23N5O. The highest BCUT2D eigenvalue weighted by Gasteiger charge is 2.55. The summed E-state index contributed by atoms with van der Waals surface area (Å²) in [7, 11) is 1.93. The van der Waals surface area contributed by atoms with Crippen LogP contribution in [0, 0.1) is 18.8 Å². The Morgan fingerprint density at radius 2 is 1.97 bits per heavy atom. The van der Waals surface area contributed by atoms with E-state index in [2.05, 4.69) is 40.2 Å². The third-order valence-electron chi connectivity index (χ3n) is 6.58. The van der Waals surface area contributed by atoms with Crippen LogP contribution in [0.1, 0.15) is 30.0 Å². The van der Waals surface area contributed by atoms with Crippen LogP contribution in [0.2, 0.25) is 0 Å². The van der Waals surface area contributed by atoms with Gasteiger partial charge in [0.15, 0.2) is 0 Å². The van der Waals surface area contributed by atoms with Gasteiger partial charge in [-0.2, -0.15) is 5.10 Å². The number of aryl methyl sites for hydroxylation is 2. The first kappa shape index (κ1) is 17.4. The molecule has 1 saturated carbocycles. The van der Waals surface area contributed by atoms with E-state index in [9.17, 15) is 4.79 Å². The van der Waals surface area contributed by atoms with Gasteiger partial charge in [0.2, 0.25) is 5.91 Å². The maximum atomic E-state index is 13.2. The molecule has 1 amide bonds. The number of amides is 1. The molecule has 0 radical (unpaired) electrons. The normalized spacial score (nSPS) is 21.3. The molecular weight excluding hydrogens is 374 g/mol. The molecule has 2 fully saturated rings. The zero-order chi connectivity index (χ0) is 20.4. The minimum absolute atomic E-state index is 0.0883. The van der Waals surface area contributed by atoms with Crippen LogP contribution in [0.3, 0.4) is 0 Å². The zero-order valence-corrected chi connectivity index (χ0v) is 17.0. The van der Waals surface area contributed by atoms with Crippen molar-refractivity contribution in [3.8, 4) is 11.1 Å². The summed E-state index contributed by atoms with van der Waals surface area (Å²) in [6, 6.07) is 12.7. The summed E-state index contributed by atoms with van der Waals surface area (Å²) in [5.41, 5.74) is 7.53. The van der Waals surface area contributed by atoms with Crippen molar-refractivity contribution in [1.29, 1.82) is 0 Å². The Bertz CT molecular complexity index is 1280. The van der Waals surface area contributed by atoms with Gasteiger partial charge in [-0.25, -0.2) is 4.98 Å². The van der Waals surface area contributed by atoms with E-state index in [0.29, 0.717) is 5.92 Å². The minimum atomic E-state index is 0.0883. The van der Waals surface area contributed by atoms with Gasteiger partial charge in [-0.3, -0.25) is 9.48 Å². The summed E-state index contributed by atoms with van der Waals surface area (Å²) in [5.74, 6) is 0.856. The molecule has 0 unspecified atom stereocenters. The lowest BCUT2D eigenvalue weighted by Gasteiger charge is -2.48. The van der Waals surface area contributed by atoms with E-state index in [0.717, 1.165) is 40.7 Å². The Morgan fingerprint density at radius 1 is 1.10 bits per heavy atom. The lowest BCUT2D eigenvalue weighted by Crippen LogP contribution is -2.56. The van der Waals surface area contributed by atoms with E-state index < -0.39 is 0 Å². The van der Waals surface area contributed by atoms with Gasteiger partial charge in [-0.05, 0) is 60.6 Å². The fraction of sp³-hybridized carbons (Fsp3) is 0.292. The van der Waals surface area contributed by atoms with Crippen LogP contribution in [0.25, 0.3) is 22.2 Å². The molecule has 6 nitrogen and oxygen atoms in total. The molecule has 0 spiro atoms. The lowest BCUT2D eigenvalue weighted by molar-refractivity contribution is -0.131. The number of aromatic nitrogens is 4. The number of nitrogens with zero attached hydrogens (tertiary/aromatic N) is 4. The van der Waals surface area contributed by atoms with E-state index in [1.165, 1.54) is 11.1 Å². The molecule has 150 valence electrons. The summed E-state index contributed by atoms with van der Waals surface area (Å²) < 4.78 is 1.82. The maximum absolute atomic E-state index is 13.2. The number of anilines is 1. The van der Waals surface area contributed by atoms with E-state index in [1.807, 2.05) is 47.2 Å². The number of nitrogens with one attached hydrogen (secondary N) is 1. The number of β-lactam (4-membered cyclic amide) rings is 1. The number of benzene rings is 2. The van der Waals surface area contributed by atoms with Crippen LogP contribution >= 0.6 is 0 Å². The average molecular weight is 397 g/mol. The van der Waals surface area contributed by atoms with Crippen LogP contribution < -0.4 is 4.90 Å². The number of carbonyl (C=O) groups is 1. The third-order valence-corrected chi connectivity index (χ3v) is 6.58. The van der Waals surface area contributed by atoms with E-state index >= 15 is 0 Å². The van der Waals surface area contributed by atoms with Gasteiger partial charge in [0.05, 0.1) is 35.5 Å². The Morgan fingerprint density at radius 3 is 2.70 bits per heavy atom. The lowest BCUT2D eigenvalue weighted by atomic mass is 9.77. The standard InChI is InChI=1S/C24H23N5O/c1-14-9-16(17-11-27-28(2)12-17)5-7-19(14)23-22(15-3-4-15)24(30)29(23)18-6-8-20-21(10-18)26-13-25-20/h5-13,15,22-23H,3-4H2,1-2H3,(H,25,26)/t22-,23+/m1/s1. The summed E-state index contributed by atoms with van der Waals surface area (Å²) in [5, 5.41) is 4.29. The van der Waals surface area contributed by atoms with Crippen LogP contribution in [-0.4, -0.2) is 25.7 Å². The Kier molecular flexibility index (Phi) is 3.66. The molecule has 6 heteroatoms.